The first-order chi connectivity index (χ1) is 7.66. The van der Waals surface area contributed by atoms with E-state index in [0.29, 0.717) is 6.10 Å². The van der Waals surface area contributed by atoms with E-state index in [1.165, 1.54) is 0 Å². The summed E-state index contributed by atoms with van der Waals surface area (Å²) >= 11 is 0. The Morgan fingerprint density at radius 2 is 1.88 bits per heavy atom. The minimum Gasteiger partial charge on any atom is -0.371 e. The van der Waals surface area contributed by atoms with Crippen molar-refractivity contribution < 1.29 is 9.53 Å². The molecule has 0 radical (unpaired) electrons. The summed E-state index contributed by atoms with van der Waals surface area (Å²) in [5.41, 5.74) is 0. The van der Waals surface area contributed by atoms with Crippen LogP contribution in [-0.4, -0.2) is 49.2 Å². The Kier molecular flexibility index (Phi) is 3.82. The van der Waals surface area contributed by atoms with E-state index in [1.54, 1.807) is 0 Å². The number of nitrogens with one attached hydrogen (secondary N) is 1. The lowest BCUT2D eigenvalue weighted by Crippen LogP contribution is -2.57. The number of hydrogen-bond acceptors (Lipinski definition) is 3. The van der Waals surface area contributed by atoms with Crippen molar-refractivity contribution in [3.8, 4) is 0 Å². The lowest BCUT2D eigenvalue weighted by Gasteiger charge is -2.42. The van der Waals surface area contributed by atoms with Crippen LogP contribution in [0.5, 0.6) is 0 Å². The minimum absolute atomic E-state index is 0.111. The van der Waals surface area contributed by atoms with E-state index in [4.69, 9.17) is 4.74 Å². The molecule has 0 saturated carbocycles. The molecule has 0 aromatic rings. The van der Waals surface area contributed by atoms with Gasteiger partial charge in [-0.3, -0.25) is 4.79 Å². The lowest BCUT2D eigenvalue weighted by atomic mass is 10.1. The second kappa shape index (κ2) is 5.15. The van der Waals surface area contributed by atoms with E-state index in [9.17, 15) is 4.79 Å². The molecule has 2 fully saturated rings. The summed E-state index contributed by atoms with van der Waals surface area (Å²) in [6.45, 7) is 7.60. The summed E-state index contributed by atoms with van der Waals surface area (Å²) in [6, 6.07) is 0. The van der Waals surface area contributed by atoms with Crippen LogP contribution in [0.2, 0.25) is 0 Å². The van der Waals surface area contributed by atoms with Crippen LogP contribution >= 0.6 is 0 Å². The maximum absolute atomic E-state index is 11.6. The van der Waals surface area contributed by atoms with E-state index in [-0.39, 0.29) is 17.9 Å². The molecular formula is C12H22N2O2. The summed E-state index contributed by atoms with van der Waals surface area (Å²) in [4.78, 5) is 13.5. The van der Waals surface area contributed by atoms with Gasteiger partial charge in [0.05, 0.1) is 12.2 Å². The predicted octanol–water partition coefficient (Wildman–Crippen LogP) is 0.622. The average Bonchev–Trinajstić information content (AvgIpc) is 2.23. The van der Waals surface area contributed by atoms with Gasteiger partial charge in [-0.15, -0.1) is 0 Å². The minimum atomic E-state index is 0.111. The standard InChI is InChI=1S/C12H22N2O2/c1-9(2)12(15)14-7-11(8-14)16-10-3-5-13-6-4-10/h9-11,13H,3-8H2,1-2H3. The first kappa shape index (κ1) is 11.9. The van der Waals surface area contributed by atoms with Gasteiger partial charge in [-0.05, 0) is 25.9 Å². The molecule has 0 atom stereocenters. The molecule has 1 amide bonds. The monoisotopic (exact) mass is 226 g/mol. The highest BCUT2D eigenvalue weighted by Crippen LogP contribution is 2.19. The molecule has 16 heavy (non-hydrogen) atoms. The normalized spacial score (nSPS) is 23.6. The van der Waals surface area contributed by atoms with Crippen LogP contribution in [0.3, 0.4) is 0 Å². The third-order valence-corrected chi connectivity index (χ3v) is 3.32. The van der Waals surface area contributed by atoms with E-state index < -0.39 is 0 Å². The molecule has 2 aliphatic heterocycles. The maximum atomic E-state index is 11.6. The van der Waals surface area contributed by atoms with Crippen molar-refractivity contribution in [3.63, 3.8) is 0 Å². The summed E-state index contributed by atoms with van der Waals surface area (Å²) in [6.07, 6.45) is 2.90. The largest absolute Gasteiger partial charge is 0.371 e. The first-order valence-corrected chi connectivity index (χ1v) is 6.32. The molecular weight excluding hydrogens is 204 g/mol. The number of rotatable bonds is 3. The Morgan fingerprint density at radius 1 is 1.25 bits per heavy atom. The molecule has 0 unspecified atom stereocenters. The zero-order chi connectivity index (χ0) is 11.5. The number of amides is 1. The van der Waals surface area contributed by atoms with Gasteiger partial charge >= 0.3 is 0 Å². The fraction of sp³-hybridized carbons (Fsp3) is 0.917. The maximum Gasteiger partial charge on any atom is 0.225 e. The molecule has 2 aliphatic rings. The van der Waals surface area contributed by atoms with E-state index in [0.717, 1.165) is 39.0 Å². The van der Waals surface area contributed by atoms with Crippen molar-refractivity contribution in [1.29, 1.82) is 0 Å². The number of carbonyl (C=O) groups is 1. The highest BCUT2D eigenvalue weighted by atomic mass is 16.5. The number of ether oxygens (including phenoxy) is 1. The predicted molar refractivity (Wildman–Crippen MR) is 62.2 cm³/mol. The Bertz CT molecular complexity index is 243. The third-order valence-electron chi connectivity index (χ3n) is 3.32. The van der Waals surface area contributed by atoms with E-state index in [1.807, 2.05) is 18.7 Å². The molecule has 2 heterocycles. The van der Waals surface area contributed by atoms with Crippen LogP contribution in [0.25, 0.3) is 0 Å². The number of nitrogens with zero attached hydrogens (tertiary/aromatic N) is 1. The van der Waals surface area contributed by atoms with Crippen molar-refractivity contribution in [2.75, 3.05) is 26.2 Å². The van der Waals surface area contributed by atoms with Crippen LogP contribution in [0.4, 0.5) is 0 Å². The summed E-state index contributed by atoms with van der Waals surface area (Å²) in [5, 5.41) is 3.32. The molecule has 0 spiro atoms. The molecule has 0 bridgehead atoms. The van der Waals surface area contributed by atoms with Crippen LogP contribution in [0.15, 0.2) is 0 Å². The Balaban J connectivity index is 1.66. The molecule has 2 rings (SSSR count). The van der Waals surface area contributed by atoms with Crippen LogP contribution in [-0.2, 0) is 9.53 Å². The molecule has 0 aliphatic carbocycles. The fourth-order valence-electron chi connectivity index (χ4n) is 2.27. The van der Waals surface area contributed by atoms with Crippen molar-refractivity contribution in [1.82, 2.24) is 10.2 Å². The van der Waals surface area contributed by atoms with Crippen LogP contribution < -0.4 is 5.32 Å². The molecule has 4 heteroatoms. The highest BCUT2D eigenvalue weighted by molar-refractivity contribution is 5.78. The van der Waals surface area contributed by atoms with Gasteiger partial charge in [-0.25, -0.2) is 0 Å². The zero-order valence-corrected chi connectivity index (χ0v) is 10.2. The molecule has 2 saturated heterocycles. The summed E-state index contributed by atoms with van der Waals surface area (Å²) in [7, 11) is 0. The van der Waals surface area contributed by atoms with E-state index >= 15 is 0 Å². The smallest absolute Gasteiger partial charge is 0.225 e. The first-order valence-electron chi connectivity index (χ1n) is 6.32. The number of piperidine rings is 1. The molecule has 1 N–H and O–H groups in total. The fourth-order valence-corrected chi connectivity index (χ4v) is 2.27. The molecule has 92 valence electrons. The quantitative estimate of drug-likeness (QED) is 0.767. The van der Waals surface area contributed by atoms with Gasteiger partial charge in [0.15, 0.2) is 0 Å². The molecule has 4 nitrogen and oxygen atoms in total. The SMILES string of the molecule is CC(C)C(=O)N1CC(OC2CCNCC2)C1. The third kappa shape index (κ3) is 2.74. The van der Waals surface area contributed by atoms with Gasteiger partial charge in [-0.1, -0.05) is 13.8 Å². The number of likely N-dealkylation sites (tertiary alicyclic amines) is 1. The van der Waals surface area contributed by atoms with Crippen LogP contribution in [0.1, 0.15) is 26.7 Å². The van der Waals surface area contributed by atoms with E-state index in [2.05, 4.69) is 5.32 Å². The van der Waals surface area contributed by atoms with Crippen LogP contribution in [0, 0.1) is 5.92 Å². The highest BCUT2D eigenvalue weighted by Gasteiger charge is 2.34. The van der Waals surface area contributed by atoms with Crippen molar-refractivity contribution in [2.24, 2.45) is 5.92 Å². The topological polar surface area (TPSA) is 41.6 Å². The Morgan fingerprint density at radius 3 is 2.44 bits per heavy atom. The van der Waals surface area contributed by atoms with Gasteiger partial charge in [-0.2, -0.15) is 0 Å². The van der Waals surface area contributed by atoms with Gasteiger partial charge in [0.25, 0.3) is 0 Å². The average molecular weight is 226 g/mol. The van der Waals surface area contributed by atoms with Gasteiger partial charge in [0.1, 0.15) is 0 Å². The summed E-state index contributed by atoms with van der Waals surface area (Å²) < 4.78 is 5.95. The van der Waals surface area contributed by atoms with Gasteiger partial charge < -0.3 is 15.0 Å². The van der Waals surface area contributed by atoms with Gasteiger partial charge in [0.2, 0.25) is 5.91 Å². The van der Waals surface area contributed by atoms with Gasteiger partial charge in [0, 0.05) is 19.0 Å². The summed E-state index contributed by atoms with van der Waals surface area (Å²) in [5.74, 6) is 0.366. The van der Waals surface area contributed by atoms with Crippen molar-refractivity contribution in [2.45, 2.75) is 38.9 Å². The second-order valence-corrected chi connectivity index (χ2v) is 5.11. The lowest BCUT2D eigenvalue weighted by molar-refractivity contribution is -0.154. The number of hydrogen-bond donors (Lipinski definition) is 1. The van der Waals surface area contributed by atoms with Crippen molar-refractivity contribution >= 4 is 5.91 Å². The Hall–Kier alpha value is -0.610. The molecule has 0 aromatic carbocycles. The zero-order valence-electron chi connectivity index (χ0n) is 10.2. The van der Waals surface area contributed by atoms with Crippen molar-refractivity contribution in [3.05, 3.63) is 0 Å². The Labute approximate surface area is 97.3 Å². The number of carbonyl (C=O) groups excluding carboxylic acids is 1. The second-order valence-electron chi connectivity index (χ2n) is 5.11. The molecule has 0 aromatic heterocycles.